The van der Waals surface area contributed by atoms with Crippen molar-refractivity contribution in [1.29, 1.82) is 0 Å². The molecule has 2 aromatic rings. The number of hydrogen-bond donors (Lipinski definition) is 2. The number of hydrogen-bond acceptors (Lipinski definition) is 4. The summed E-state index contributed by atoms with van der Waals surface area (Å²) in [6.07, 6.45) is 0. The molecule has 6 heteroatoms. The van der Waals surface area contributed by atoms with Gasteiger partial charge in [-0.2, -0.15) is 0 Å². The first kappa shape index (κ1) is 14.6. The van der Waals surface area contributed by atoms with Crippen LogP contribution in [0.5, 0.6) is 0 Å². The van der Waals surface area contributed by atoms with Crippen molar-refractivity contribution in [1.82, 2.24) is 10.3 Å². The number of anilines is 1. The van der Waals surface area contributed by atoms with E-state index in [0.29, 0.717) is 22.9 Å². The fraction of sp³-hybridized carbons (Fsp3) is 0.286. The molecule has 20 heavy (non-hydrogen) atoms. The van der Waals surface area contributed by atoms with Crippen LogP contribution in [0, 0.1) is 11.7 Å². The van der Waals surface area contributed by atoms with Crippen molar-refractivity contribution < 1.29 is 9.18 Å². The summed E-state index contributed by atoms with van der Waals surface area (Å²) >= 11 is 1.33. The van der Waals surface area contributed by atoms with Crippen LogP contribution in [-0.4, -0.2) is 24.5 Å². The fourth-order valence-electron chi connectivity index (χ4n) is 1.74. The van der Waals surface area contributed by atoms with E-state index in [1.807, 2.05) is 6.92 Å². The van der Waals surface area contributed by atoms with E-state index in [4.69, 9.17) is 0 Å². The Hall–Kier alpha value is -1.79. The predicted octanol–water partition coefficient (Wildman–Crippen LogP) is 2.74. The van der Waals surface area contributed by atoms with Gasteiger partial charge in [0.1, 0.15) is 5.82 Å². The van der Waals surface area contributed by atoms with Crippen LogP contribution in [0.2, 0.25) is 0 Å². The predicted molar refractivity (Wildman–Crippen MR) is 79.2 cm³/mol. The van der Waals surface area contributed by atoms with E-state index < -0.39 is 0 Å². The summed E-state index contributed by atoms with van der Waals surface area (Å²) in [6, 6.07) is 6.23. The van der Waals surface area contributed by atoms with Crippen molar-refractivity contribution in [2.24, 2.45) is 5.92 Å². The molecule has 0 aliphatic rings. The summed E-state index contributed by atoms with van der Waals surface area (Å²) < 4.78 is 13.2. The zero-order valence-corrected chi connectivity index (χ0v) is 12.1. The summed E-state index contributed by atoms with van der Waals surface area (Å²) in [4.78, 5) is 16.2. The van der Waals surface area contributed by atoms with Crippen molar-refractivity contribution in [2.75, 3.05) is 18.9 Å². The lowest BCUT2D eigenvalue weighted by atomic mass is 10.1. The molecular formula is C14H16FN3OS. The largest absolute Gasteiger partial charge is 0.319 e. The zero-order chi connectivity index (χ0) is 14.5. The second-order valence-electron chi connectivity index (χ2n) is 4.50. The average molecular weight is 293 g/mol. The molecule has 106 valence electrons. The first-order valence-electron chi connectivity index (χ1n) is 6.27. The third-order valence-electron chi connectivity index (χ3n) is 2.81. The maximum Gasteiger partial charge on any atom is 0.230 e. The van der Waals surface area contributed by atoms with Crippen molar-refractivity contribution in [3.05, 3.63) is 35.5 Å². The number of amides is 1. The van der Waals surface area contributed by atoms with Gasteiger partial charge in [-0.3, -0.25) is 4.79 Å². The second kappa shape index (κ2) is 6.58. The van der Waals surface area contributed by atoms with E-state index in [0.717, 1.165) is 0 Å². The molecule has 1 aromatic heterocycles. The summed E-state index contributed by atoms with van der Waals surface area (Å²) in [6.45, 7) is 2.45. The van der Waals surface area contributed by atoms with Gasteiger partial charge in [0.05, 0.1) is 5.69 Å². The zero-order valence-electron chi connectivity index (χ0n) is 11.3. The topological polar surface area (TPSA) is 54.0 Å². The van der Waals surface area contributed by atoms with E-state index >= 15 is 0 Å². The first-order chi connectivity index (χ1) is 9.60. The summed E-state index contributed by atoms with van der Waals surface area (Å²) in [5.74, 6) is -0.523. The molecule has 0 bridgehead atoms. The van der Waals surface area contributed by atoms with Crippen LogP contribution >= 0.6 is 11.3 Å². The van der Waals surface area contributed by atoms with Gasteiger partial charge in [-0.15, -0.1) is 11.3 Å². The second-order valence-corrected chi connectivity index (χ2v) is 5.35. The molecule has 4 nitrogen and oxygen atoms in total. The standard InChI is InChI=1S/C14H16FN3OS/c1-9(7-16-2)13(19)18-14-17-12(8-20-14)10-4-3-5-11(15)6-10/h3-6,8-9,16H,7H2,1-2H3,(H,17,18,19). The number of halogens is 1. The lowest BCUT2D eigenvalue weighted by Gasteiger charge is -2.09. The Bertz CT molecular complexity index is 600. The van der Waals surface area contributed by atoms with Gasteiger partial charge in [0, 0.05) is 23.4 Å². The lowest BCUT2D eigenvalue weighted by Crippen LogP contribution is -2.28. The molecule has 0 radical (unpaired) electrons. The molecule has 0 aliphatic carbocycles. The van der Waals surface area contributed by atoms with Crippen molar-refractivity contribution >= 4 is 22.4 Å². The van der Waals surface area contributed by atoms with Gasteiger partial charge in [-0.05, 0) is 19.2 Å². The van der Waals surface area contributed by atoms with Crippen LogP contribution in [0.4, 0.5) is 9.52 Å². The Morgan fingerprint density at radius 2 is 2.30 bits per heavy atom. The van der Waals surface area contributed by atoms with E-state index in [1.54, 1.807) is 24.6 Å². The summed E-state index contributed by atoms with van der Waals surface area (Å²) in [5, 5.41) is 8.04. The Morgan fingerprint density at radius 3 is 3.00 bits per heavy atom. The van der Waals surface area contributed by atoms with Crippen LogP contribution in [-0.2, 0) is 4.79 Å². The third-order valence-corrected chi connectivity index (χ3v) is 3.57. The molecule has 2 rings (SSSR count). The van der Waals surface area contributed by atoms with Gasteiger partial charge in [-0.1, -0.05) is 19.1 Å². The Kier molecular flexibility index (Phi) is 4.81. The molecule has 0 spiro atoms. The van der Waals surface area contributed by atoms with Crippen molar-refractivity contribution in [2.45, 2.75) is 6.92 Å². The highest BCUT2D eigenvalue weighted by Crippen LogP contribution is 2.25. The van der Waals surface area contributed by atoms with Crippen molar-refractivity contribution in [3.8, 4) is 11.3 Å². The first-order valence-corrected chi connectivity index (χ1v) is 7.15. The van der Waals surface area contributed by atoms with E-state index in [9.17, 15) is 9.18 Å². The van der Waals surface area contributed by atoms with Gasteiger partial charge in [0.2, 0.25) is 5.91 Å². The van der Waals surface area contributed by atoms with E-state index in [-0.39, 0.29) is 17.6 Å². The Morgan fingerprint density at radius 1 is 1.50 bits per heavy atom. The molecule has 1 unspecified atom stereocenters. The summed E-state index contributed by atoms with van der Waals surface area (Å²) in [5.41, 5.74) is 1.36. The smallest absolute Gasteiger partial charge is 0.230 e. The molecule has 1 amide bonds. The molecular weight excluding hydrogens is 277 g/mol. The molecule has 1 heterocycles. The number of carbonyl (C=O) groups excluding carboxylic acids is 1. The number of aromatic nitrogens is 1. The van der Waals surface area contributed by atoms with E-state index in [1.165, 1.54) is 23.5 Å². The molecule has 0 aliphatic heterocycles. The van der Waals surface area contributed by atoms with Gasteiger partial charge in [0.15, 0.2) is 5.13 Å². The quantitative estimate of drug-likeness (QED) is 0.891. The summed E-state index contributed by atoms with van der Waals surface area (Å²) in [7, 11) is 1.80. The Labute approximate surface area is 121 Å². The highest BCUT2D eigenvalue weighted by Gasteiger charge is 2.14. The highest BCUT2D eigenvalue weighted by atomic mass is 32.1. The maximum atomic E-state index is 13.2. The third kappa shape index (κ3) is 3.61. The molecule has 1 atom stereocenters. The minimum atomic E-state index is -0.302. The normalized spacial score (nSPS) is 12.2. The van der Waals surface area contributed by atoms with Crippen LogP contribution in [0.25, 0.3) is 11.3 Å². The van der Waals surface area contributed by atoms with Crippen LogP contribution < -0.4 is 10.6 Å². The van der Waals surface area contributed by atoms with Gasteiger partial charge < -0.3 is 10.6 Å². The minimum absolute atomic E-state index is 0.0838. The lowest BCUT2D eigenvalue weighted by molar-refractivity contribution is -0.119. The number of nitrogens with one attached hydrogen (secondary N) is 2. The van der Waals surface area contributed by atoms with Crippen LogP contribution in [0.1, 0.15) is 6.92 Å². The van der Waals surface area contributed by atoms with Gasteiger partial charge >= 0.3 is 0 Å². The minimum Gasteiger partial charge on any atom is -0.319 e. The molecule has 2 N–H and O–H groups in total. The van der Waals surface area contributed by atoms with Crippen molar-refractivity contribution in [3.63, 3.8) is 0 Å². The molecule has 1 aromatic carbocycles. The monoisotopic (exact) mass is 293 g/mol. The highest BCUT2D eigenvalue weighted by molar-refractivity contribution is 7.14. The van der Waals surface area contributed by atoms with Gasteiger partial charge in [0.25, 0.3) is 0 Å². The SMILES string of the molecule is CNCC(C)C(=O)Nc1nc(-c2cccc(F)c2)cs1. The number of carbonyl (C=O) groups is 1. The molecule has 0 saturated heterocycles. The number of benzene rings is 1. The Balaban J connectivity index is 2.08. The maximum absolute atomic E-state index is 13.2. The molecule has 0 fully saturated rings. The average Bonchev–Trinajstić information content (AvgIpc) is 2.87. The molecule has 0 saturated carbocycles. The van der Waals surface area contributed by atoms with Gasteiger partial charge in [-0.25, -0.2) is 9.37 Å². The van der Waals surface area contributed by atoms with E-state index in [2.05, 4.69) is 15.6 Å². The number of rotatable bonds is 5. The number of thiazole rings is 1. The van der Waals surface area contributed by atoms with Crippen LogP contribution in [0.15, 0.2) is 29.6 Å². The number of nitrogens with zero attached hydrogens (tertiary/aromatic N) is 1. The fourth-order valence-corrected chi connectivity index (χ4v) is 2.46. The van der Waals surface area contributed by atoms with Crippen LogP contribution in [0.3, 0.4) is 0 Å².